The van der Waals surface area contributed by atoms with E-state index in [0.717, 1.165) is 12.1 Å². The van der Waals surface area contributed by atoms with Gasteiger partial charge in [-0.05, 0) is 30.3 Å². The Morgan fingerprint density at radius 1 is 1.09 bits per heavy atom. The number of methoxy groups -OCH3 is 1. The Hall–Kier alpha value is -2.63. The molecule has 0 bridgehead atoms. The fourth-order valence-electron chi connectivity index (χ4n) is 2.31. The highest BCUT2D eigenvalue weighted by molar-refractivity contribution is 6.05. The van der Waals surface area contributed by atoms with Crippen LogP contribution in [0.3, 0.4) is 0 Å². The monoisotopic (exact) mass is 305 g/mol. The maximum absolute atomic E-state index is 12.8. The van der Waals surface area contributed by atoms with Crippen molar-refractivity contribution < 1.29 is 22.7 Å². The Bertz CT molecular complexity index is 888. The molecule has 2 aromatic carbocycles. The Balaban J connectivity index is 2.28. The van der Waals surface area contributed by atoms with E-state index in [1.165, 1.54) is 13.2 Å². The van der Waals surface area contributed by atoms with Crippen molar-refractivity contribution in [3.05, 3.63) is 53.6 Å². The molecule has 0 aliphatic heterocycles. The molecule has 3 rings (SSSR count). The Morgan fingerprint density at radius 3 is 2.55 bits per heavy atom. The van der Waals surface area contributed by atoms with Crippen molar-refractivity contribution in [2.45, 2.75) is 6.18 Å². The molecule has 0 atom stereocenters. The van der Waals surface area contributed by atoms with E-state index in [-0.39, 0.29) is 5.56 Å². The number of para-hydroxylation sites is 1. The lowest BCUT2D eigenvalue weighted by molar-refractivity contribution is -0.137. The SMILES string of the molecule is COC(=O)c1cccc2cc3cc(C(F)(F)F)ccc3nc12. The summed E-state index contributed by atoms with van der Waals surface area (Å²) in [5, 5.41) is 0.944. The fourth-order valence-corrected chi connectivity index (χ4v) is 2.31. The molecule has 0 N–H and O–H groups in total. The molecule has 0 saturated carbocycles. The molecule has 0 amide bonds. The van der Waals surface area contributed by atoms with Crippen molar-refractivity contribution in [1.29, 1.82) is 0 Å². The Morgan fingerprint density at radius 2 is 1.86 bits per heavy atom. The summed E-state index contributed by atoms with van der Waals surface area (Å²) in [5.74, 6) is -0.538. The first-order valence-corrected chi connectivity index (χ1v) is 6.39. The minimum Gasteiger partial charge on any atom is -0.465 e. The Labute approximate surface area is 123 Å². The predicted octanol–water partition coefficient (Wildman–Crippen LogP) is 4.19. The van der Waals surface area contributed by atoms with Crippen LogP contribution in [0.15, 0.2) is 42.5 Å². The van der Waals surface area contributed by atoms with E-state index in [4.69, 9.17) is 4.74 Å². The average molecular weight is 305 g/mol. The molecule has 3 aromatic rings. The van der Waals surface area contributed by atoms with Gasteiger partial charge in [0.25, 0.3) is 0 Å². The van der Waals surface area contributed by atoms with Crippen LogP contribution < -0.4 is 0 Å². The third kappa shape index (κ3) is 2.36. The van der Waals surface area contributed by atoms with Crippen LogP contribution in [0.1, 0.15) is 15.9 Å². The summed E-state index contributed by atoms with van der Waals surface area (Å²) in [5.41, 5.74) is 0.338. The van der Waals surface area contributed by atoms with Gasteiger partial charge in [-0.25, -0.2) is 9.78 Å². The first-order valence-electron chi connectivity index (χ1n) is 6.39. The number of benzene rings is 2. The van der Waals surface area contributed by atoms with Gasteiger partial charge in [0.1, 0.15) is 0 Å². The van der Waals surface area contributed by atoms with Gasteiger partial charge < -0.3 is 4.74 Å². The summed E-state index contributed by atoms with van der Waals surface area (Å²) in [4.78, 5) is 16.0. The number of nitrogens with zero attached hydrogens (tertiary/aromatic N) is 1. The number of halogens is 3. The van der Waals surface area contributed by atoms with Gasteiger partial charge in [-0.15, -0.1) is 0 Å². The lowest BCUT2D eigenvalue weighted by Crippen LogP contribution is -2.05. The quantitative estimate of drug-likeness (QED) is 0.500. The van der Waals surface area contributed by atoms with Gasteiger partial charge in [0.05, 0.1) is 29.3 Å². The van der Waals surface area contributed by atoms with Crippen LogP contribution in [-0.2, 0) is 10.9 Å². The van der Waals surface area contributed by atoms with E-state index in [1.807, 2.05) is 0 Å². The summed E-state index contributed by atoms with van der Waals surface area (Å²) < 4.78 is 43.0. The average Bonchev–Trinajstić information content (AvgIpc) is 2.50. The van der Waals surface area contributed by atoms with E-state index in [2.05, 4.69) is 4.98 Å². The zero-order chi connectivity index (χ0) is 15.9. The Kier molecular flexibility index (Phi) is 3.24. The summed E-state index contributed by atoms with van der Waals surface area (Å²) >= 11 is 0. The molecule has 0 aliphatic carbocycles. The fraction of sp³-hybridized carbons (Fsp3) is 0.125. The minimum absolute atomic E-state index is 0.279. The van der Waals surface area contributed by atoms with Gasteiger partial charge in [-0.1, -0.05) is 12.1 Å². The second-order valence-corrected chi connectivity index (χ2v) is 4.76. The van der Waals surface area contributed by atoms with E-state index >= 15 is 0 Å². The molecule has 0 aliphatic rings. The number of fused-ring (bicyclic) bond motifs is 2. The van der Waals surface area contributed by atoms with Crippen LogP contribution in [0.25, 0.3) is 21.8 Å². The van der Waals surface area contributed by atoms with Crippen molar-refractivity contribution in [1.82, 2.24) is 4.98 Å². The normalized spacial score (nSPS) is 11.8. The molecule has 0 saturated heterocycles. The van der Waals surface area contributed by atoms with Crippen LogP contribution in [0.4, 0.5) is 13.2 Å². The number of aromatic nitrogens is 1. The summed E-state index contributed by atoms with van der Waals surface area (Å²) in [7, 11) is 1.26. The molecule has 1 aromatic heterocycles. The molecular weight excluding hydrogens is 295 g/mol. The molecular formula is C16H10F3NO2. The first-order chi connectivity index (χ1) is 10.4. The number of esters is 1. The van der Waals surface area contributed by atoms with Gasteiger partial charge in [-0.2, -0.15) is 13.2 Å². The molecule has 0 fully saturated rings. The smallest absolute Gasteiger partial charge is 0.416 e. The maximum Gasteiger partial charge on any atom is 0.416 e. The van der Waals surface area contributed by atoms with Crippen molar-refractivity contribution in [3.63, 3.8) is 0 Å². The van der Waals surface area contributed by atoms with Gasteiger partial charge in [0.15, 0.2) is 0 Å². The number of carbonyl (C=O) groups excluding carboxylic acids is 1. The topological polar surface area (TPSA) is 39.2 Å². The zero-order valence-electron chi connectivity index (χ0n) is 11.4. The van der Waals surface area contributed by atoms with Gasteiger partial charge >= 0.3 is 12.1 Å². The van der Waals surface area contributed by atoms with Crippen molar-refractivity contribution in [2.75, 3.05) is 7.11 Å². The summed E-state index contributed by atoms with van der Waals surface area (Å²) in [6.07, 6.45) is -4.41. The maximum atomic E-state index is 12.8. The van der Waals surface area contributed by atoms with Gasteiger partial charge in [-0.3, -0.25) is 0 Å². The molecule has 112 valence electrons. The van der Waals surface area contributed by atoms with Crippen LogP contribution in [-0.4, -0.2) is 18.1 Å². The first kappa shape index (κ1) is 14.3. The van der Waals surface area contributed by atoms with E-state index in [9.17, 15) is 18.0 Å². The lowest BCUT2D eigenvalue weighted by Gasteiger charge is -2.09. The molecule has 0 radical (unpaired) electrons. The van der Waals surface area contributed by atoms with Gasteiger partial charge in [0.2, 0.25) is 0 Å². The highest BCUT2D eigenvalue weighted by atomic mass is 19.4. The number of carbonyl (C=O) groups is 1. The van der Waals surface area contributed by atoms with Gasteiger partial charge in [0, 0.05) is 10.8 Å². The highest BCUT2D eigenvalue weighted by Crippen LogP contribution is 2.32. The van der Waals surface area contributed by atoms with Crippen molar-refractivity contribution >= 4 is 27.8 Å². The molecule has 22 heavy (non-hydrogen) atoms. The van der Waals surface area contributed by atoms with Crippen LogP contribution in [0.2, 0.25) is 0 Å². The molecule has 3 nitrogen and oxygen atoms in total. The number of rotatable bonds is 1. The third-order valence-corrected chi connectivity index (χ3v) is 3.37. The second kappa shape index (κ2) is 4.98. The number of ether oxygens (including phenoxy) is 1. The zero-order valence-corrected chi connectivity index (χ0v) is 11.4. The largest absolute Gasteiger partial charge is 0.465 e. The van der Waals surface area contributed by atoms with Crippen LogP contribution in [0.5, 0.6) is 0 Å². The second-order valence-electron chi connectivity index (χ2n) is 4.76. The summed E-state index contributed by atoms with van der Waals surface area (Å²) in [6.45, 7) is 0. The van der Waals surface area contributed by atoms with Crippen molar-refractivity contribution in [2.24, 2.45) is 0 Å². The summed E-state index contributed by atoms with van der Waals surface area (Å²) in [6, 6.07) is 9.79. The van der Waals surface area contributed by atoms with Crippen LogP contribution >= 0.6 is 0 Å². The standard InChI is InChI=1S/C16H10F3NO2/c1-22-15(21)12-4-2-3-9-7-10-8-11(16(17,18)19)5-6-13(10)20-14(9)12/h2-8H,1H3. The van der Waals surface area contributed by atoms with E-state index in [1.54, 1.807) is 24.3 Å². The molecule has 1 heterocycles. The number of hydrogen-bond acceptors (Lipinski definition) is 3. The number of alkyl halides is 3. The number of pyridine rings is 1. The molecule has 0 unspecified atom stereocenters. The molecule has 6 heteroatoms. The van der Waals surface area contributed by atoms with Crippen molar-refractivity contribution in [3.8, 4) is 0 Å². The van der Waals surface area contributed by atoms with Crippen LogP contribution in [0, 0.1) is 0 Å². The van der Waals surface area contributed by atoms with E-state index in [0.29, 0.717) is 21.8 Å². The van der Waals surface area contributed by atoms with E-state index < -0.39 is 17.7 Å². The molecule has 0 spiro atoms. The third-order valence-electron chi connectivity index (χ3n) is 3.37. The minimum atomic E-state index is -4.41. The predicted molar refractivity (Wildman–Crippen MR) is 75.6 cm³/mol. The lowest BCUT2D eigenvalue weighted by atomic mass is 10.1. The number of hydrogen-bond donors (Lipinski definition) is 0. The highest BCUT2D eigenvalue weighted by Gasteiger charge is 2.30.